The van der Waals surface area contributed by atoms with E-state index in [-0.39, 0.29) is 6.04 Å². The van der Waals surface area contributed by atoms with Gasteiger partial charge in [-0.15, -0.1) is 11.3 Å². The molecule has 1 aromatic rings. The van der Waals surface area contributed by atoms with E-state index < -0.39 is 10.0 Å². The number of sulfonamides is 1. The summed E-state index contributed by atoms with van der Waals surface area (Å²) in [5, 5.41) is 0.451. The van der Waals surface area contributed by atoms with Crippen molar-refractivity contribution in [2.75, 3.05) is 13.1 Å². The van der Waals surface area contributed by atoms with Gasteiger partial charge in [-0.2, -0.15) is 4.31 Å². The van der Waals surface area contributed by atoms with Crippen LogP contribution in [0.25, 0.3) is 0 Å². The van der Waals surface area contributed by atoms with Crippen molar-refractivity contribution in [1.82, 2.24) is 4.31 Å². The van der Waals surface area contributed by atoms with Crippen molar-refractivity contribution in [3.63, 3.8) is 0 Å². The Morgan fingerprint density at radius 1 is 1.35 bits per heavy atom. The highest BCUT2D eigenvalue weighted by Gasteiger charge is 2.42. The molecule has 0 spiro atoms. The Morgan fingerprint density at radius 2 is 2.05 bits per heavy atom. The zero-order chi connectivity index (χ0) is 14.5. The first-order chi connectivity index (χ1) is 9.38. The molecule has 1 aliphatic heterocycles. The fourth-order valence-corrected chi connectivity index (χ4v) is 7.31. The van der Waals surface area contributed by atoms with Crippen molar-refractivity contribution in [1.29, 1.82) is 0 Å². The van der Waals surface area contributed by atoms with Gasteiger partial charge in [-0.05, 0) is 53.1 Å². The van der Waals surface area contributed by atoms with E-state index in [4.69, 9.17) is 17.3 Å². The number of hydrogen-bond donors (Lipinski definition) is 1. The van der Waals surface area contributed by atoms with Crippen LogP contribution >= 0.6 is 38.9 Å². The average Bonchev–Trinajstić information content (AvgIpc) is 2.94. The van der Waals surface area contributed by atoms with Gasteiger partial charge in [0.1, 0.15) is 4.21 Å². The molecule has 1 saturated heterocycles. The highest BCUT2D eigenvalue weighted by molar-refractivity contribution is 9.11. The summed E-state index contributed by atoms with van der Waals surface area (Å²) in [5.74, 6) is 0.871. The molecule has 0 radical (unpaired) electrons. The quantitative estimate of drug-likeness (QED) is 0.831. The van der Waals surface area contributed by atoms with Crippen LogP contribution in [0.15, 0.2) is 14.1 Å². The van der Waals surface area contributed by atoms with Crippen LogP contribution in [0.2, 0.25) is 5.02 Å². The number of thiophene rings is 1. The van der Waals surface area contributed by atoms with Gasteiger partial charge in [0.05, 0.1) is 8.81 Å². The Morgan fingerprint density at radius 3 is 2.70 bits per heavy atom. The molecule has 3 atom stereocenters. The average molecular weight is 400 g/mol. The van der Waals surface area contributed by atoms with Crippen molar-refractivity contribution >= 4 is 48.9 Å². The van der Waals surface area contributed by atoms with Crippen LogP contribution in [-0.4, -0.2) is 31.9 Å². The molecule has 1 aliphatic carbocycles. The molecule has 20 heavy (non-hydrogen) atoms. The van der Waals surface area contributed by atoms with Crippen molar-refractivity contribution < 1.29 is 8.42 Å². The smallest absolute Gasteiger partial charge is 0.252 e. The van der Waals surface area contributed by atoms with E-state index in [1.165, 1.54) is 17.4 Å². The van der Waals surface area contributed by atoms with Gasteiger partial charge >= 0.3 is 0 Å². The van der Waals surface area contributed by atoms with Crippen LogP contribution in [0.3, 0.4) is 0 Å². The predicted octanol–water partition coefficient (Wildman–Crippen LogP) is 2.91. The van der Waals surface area contributed by atoms with Crippen LogP contribution in [0, 0.1) is 11.8 Å². The van der Waals surface area contributed by atoms with Crippen LogP contribution in [0.5, 0.6) is 0 Å². The van der Waals surface area contributed by atoms with E-state index in [0.29, 0.717) is 37.9 Å². The first-order valence-electron chi connectivity index (χ1n) is 6.58. The SMILES string of the molecule is NC1CC[C@@H]2CN(S(=O)(=O)c3cc(Cl)c(Br)s3)C[C@@H]2C1. The number of rotatable bonds is 2. The Hall–Kier alpha value is 0.340. The fraction of sp³-hybridized carbons (Fsp3) is 0.667. The fourth-order valence-electron chi connectivity index (χ4n) is 3.20. The van der Waals surface area contributed by atoms with Gasteiger partial charge in [-0.3, -0.25) is 0 Å². The molecule has 0 amide bonds. The molecule has 2 aliphatic rings. The van der Waals surface area contributed by atoms with Gasteiger partial charge in [0.15, 0.2) is 0 Å². The topological polar surface area (TPSA) is 63.4 Å². The van der Waals surface area contributed by atoms with Crippen LogP contribution < -0.4 is 5.73 Å². The maximum Gasteiger partial charge on any atom is 0.252 e. The lowest BCUT2D eigenvalue weighted by atomic mass is 9.79. The van der Waals surface area contributed by atoms with E-state index in [1.54, 1.807) is 4.31 Å². The van der Waals surface area contributed by atoms with E-state index >= 15 is 0 Å². The van der Waals surface area contributed by atoms with Crippen molar-refractivity contribution in [3.8, 4) is 0 Å². The maximum absolute atomic E-state index is 12.7. The minimum absolute atomic E-state index is 0.226. The highest BCUT2D eigenvalue weighted by atomic mass is 79.9. The molecule has 3 rings (SSSR count). The Labute approximate surface area is 136 Å². The second-order valence-corrected chi connectivity index (χ2v) is 10.5. The monoisotopic (exact) mass is 398 g/mol. The maximum atomic E-state index is 12.7. The van der Waals surface area contributed by atoms with E-state index in [9.17, 15) is 8.42 Å². The molecular weight excluding hydrogens is 384 g/mol. The van der Waals surface area contributed by atoms with E-state index in [2.05, 4.69) is 15.9 Å². The Bertz CT molecular complexity index is 599. The molecule has 112 valence electrons. The van der Waals surface area contributed by atoms with Gasteiger partial charge < -0.3 is 5.73 Å². The van der Waals surface area contributed by atoms with Crippen molar-refractivity contribution in [3.05, 3.63) is 14.9 Å². The first-order valence-corrected chi connectivity index (χ1v) is 10.0. The zero-order valence-corrected chi connectivity index (χ0v) is 14.7. The summed E-state index contributed by atoms with van der Waals surface area (Å²) < 4.78 is 27.9. The molecule has 2 N–H and O–H groups in total. The third-order valence-corrected chi connectivity index (χ3v) is 9.03. The molecular formula is C12H16BrClN2O2S2. The summed E-state index contributed by atoms with van der Waals surface area (Å²) in [7, 11) is -3.42. The molecule has 1 unspecified atom stereocenters. The lowest BCUT2D eigenvalue weighted by Crippen LogP contribution is -2.32. The van der Waals surface area contributed by atoms with E-state index in [0.717, 1.165) is 19.3 Å². The Balaban J connectivity index is 1.83. The summed E-state index contributed by atoms with van der Waals surface area (Å²) in [6.07, 6.45) is 2.98. The summed E-state index contributed by atoms with van der Waals surface area (Å²) >= 11 is 10.4. The number of hydrogen-bond acceptors (Lipinski definition) is 4. The Kier molecular flexibility index (Phi) is 4.20. The molecule has 4 nitrogen and oxygen atoms in total. The third-order valence-electron chi connectivity index (χ3n) is 4.27. The second kappa shape index (κ2) is 5.52. The largest absolute Gasteiger partial charge is 0.328 e. The number of fused-ring (bicyclic) bond motifs is 1. The number of nitrogens with zero attached hydrogens (tertiary/aromatic N) is 1. The van der Waals surface area contributed by atoms with Crippen LogP contribution in [-0.2, 0) is 10.0 Å². The minimum Gasteiger partial charge on any atom is -0.328 e. The summed E-state index contributed by atoms with van der Waals surface area (Å²) in [4.78, 5) is 0. The van der Waals surface area contributed by atoms with Crippen LogP contribution in [0.4, 0.5) is 0 Å². The summed E-state index contributed by atoms with van der Waals surface area (Å²) in [6, 6.07) is 1.75. The molecule has 0 bridgehead atoms. The van der Waals surface area contributed by atoms with Crippen LogP contribution in [0.1, 0.15) is 19.3 Å². The third kappa shape index (κ3) is 2.68. The molecule has 1 aromatic heterocycles. The molecule has 2 heterocycles. The number of nitrogens with two attached hydrogens (primary N) is 1. The van der Waals surface area contributed by atoms with Gasteiger partial charge in [0.2, 0.25) is 0 Å². The van der Waals surface area contributed by atoms with Crippen molar-refractivity contribution in [2.24, 2.45) is 17.6 Å². The molecule has 2 fully saturated rings. The highest BCUT2D eigenvalue weighted by Crippen LogP contribution is 2.41. The normalized spacial score (nSPS) is 31.4. The van der Waals surface area contributed by atoms with Gasteiger partial charge in [0.25, 0.3) is 10.0 Å². The van der Waals surface area contributed by atoms with Gasteiger partial charge in [0, 0.05) is 19.1 Å². The molecule has 1 saturated carbocycles. The molecule has 0 aromatic carbocycles. The lowest BCUT2D eigenvalue weighted by Gasteiger charge is -2.28. The molecule has 8 heteroatoms. The standard InChI is InChI=1S/C12H16BrClN2O2S2/c13-12-10(14)4-11(19-12)20(17,18)16-5-7-1-2-9(15)3-8(7)6-16/h4,7-9H,1-3,5-6,15H2/t7-,8+,9?/m1/s1. The summed E-state index contributed by atoms with van der Waals surface area (Å²) in [6.45, 7) is 1.21. The second-order valence-electron chi connectivity index (χ2n) is 5.60. The van der Waals surface area contributed by atoms with Crippen molar-refractivity contribution in [2.45, 2.75) is 29.5 Å². The van der Waals surface area contributed by atoms with Gasteiger partial charge in [-0.1, -0.05) is 11.6 Å². The summed E-state index contributed by atoms with van der Waals surface area (Å²) in [5.41, 5.74) is 5.99. The van der Waals surface area contributed by atoms with Gasteiger partial charge in [-0.25, -0.2) is 8.42 Å². The lowest BCUT2D eigenvalue weighted by molar-refractivity contribution is 0.271. The minimum atomic E-state index is -3.42. The number of halogens is 2. The predicted molar refractivity (Wildman–Crippen MR) is 84.6 cm³/mol. The van der Waals surface area contributed by atoms with E-state index in [1.807, 2.05) is 0 Å². The zero-order valence-electron chi connectivity index (χ0n) is 10.8. The first kappa shape index (κ1) is 15.2.